The Hall–Kier alpha value is -1.72. The molecule has 2 heterocycles. The third-order valence-corrected chi connectivity index (χ3v) is 4.72. The summed E-state index contributed by atoms with van der Waals surface area (Å²) in [7, 11) is 1.98. The van der Waals surface area contributed by atoms with E-state index in [1.54, 1.807) is 23.7 Å². The molecule has 4 nitrogen and oxygen atoms in total. The number of hydrogen-bond donors (Lipinski definition) is 0. The maximum atomic E-state index is 12.7. The first kappa shape index (κ1) is 17.6. The number of hydrogen-bond acceptors (Lipinski definition) is 4. The fourth-order valence-electron chi connectivity index (χ4n) is 2.47. The van der Waals surface area contributed by atoms with Crippen LogP contribution in [0.5, 0.6) is 0 Å². The molecule has 0 saturated heterocycles. The Morgan fingerprint density at radius 2 is 1.96 bits per heavy atom. The monoisotopic (exact) mass is 331 g/mol. The van der Waals surface area contributed by atoms with E-state index in [0.29, 0.717) is 13.1 Å². The Kier molecular flexibility index (Phi) is 6.74. The molecule has 0 bridgehead atoms. The zero-order chi connectivity index (χ0) is 16.7. The summed E-state index contributed by atoms with van der Waals surface area (Å²) in [5.74, 6) is 0.183. The highest BCUT2D eigenvalue weighted by Gasteiger charge is 2.20. The molecule has 124 valence electrons. The molecule has 0 aromatic carbocycles. The van der Waals surface area contributed by atoms with Crippen LogP contribution in [0.25, 0.3) is 0 Å². The first-order chi connectivity index (χ1) is 11.1. The summed E-state index contributed by atoms with van der Waals surface area (Å²) in [6.45, 7) is 6.12. The number of nitrogens with zero attached hydrogens (tertiary/aromatic N) is 3. The molecule has 0 fully saturated rings. The molecular formula is C18H25N3OS. The number of aromatic nitrogens is 1. The second-order valence-corrected chi connectivity index (χ2v) is 6.72. The second kappa shape index (κ2) is 8.79. The Morgan fingerprint density at radius 3 is 2.57 bits per heavy atom. The van der Waals surface area contributed by atoms with Gasteiger partial charge in [-0.2, -0.15) is 11.3 Å². The molecule has 0 saturated carbocycles. The van der Waals surface area contributed by atoms with Crippen LogP contribution in [0.3, 0.4) is 0 Å². The van der Waals surface area contributed by atoms with Gasteiger partial charge < -0.3 is 4.90 Å². The number of likely N-dealkylation sites (N-methyl/N-ethyl adjacent to an activating group) is 1. The number of thiophene rings is 1. The quantitative estimate of drug-likeness (QED) is 0.744. The van der Waals surface area contributed by atoms with Crippen LogP contribution < -0.4 is 0 Å². The first-order valence-electron chi connectivity index (χ1n) is 7.98. The summed E-state index contributed by atoms with van der Waals surface area (Å²) in [4.78, 5) is 20.8. The van der Waals surface area contributed by atoms with E-state index in [9.17, 15) is 4.79 Å². The molecule has 23 heavy (non-hydrogen) atoms. The van der Waals surface area contributed by atoms with Crippen molar-refractivity contribution in [3.63, 3.8) is 0 Å². The van der Waals surface area contributed by atoms with Crippen LogP contribution in [0.1, 0.15) is 31.4 Å². The molecule has 2 aromatic heterocycles. The lowest BCUT2D eigenvalue weighted by atomic mass is 10.2. The molecule has 5 heteroatoms. The molecule has 0 N–H and O–H groups in total. The van der Waals surface area contributed by atoms with Crippen LogP contribution in [0.2, 0.25) is 0 Å². The van der Waals surface area contributed by atoms with Gasteiger partial charge in [-0.15, -0.1) is 0 Å². The van der Waals surface area contributed by atoms with E-state index in [1.165, 1.54) is 11.1 Å². The Labute approximate surface area is 142 Å². The molecule has 0 aliphatic rings. The molecular weight excluding hydrogens is 306 g/mol. The van der Waals surface area contributed by atoms with Gasteiger partial charge in [0, 0.05) is 31.5 Å². The molecule has 0 spiro atoms. The van der Waals surface area contributed by atoms with Gasteiger partial charge in [0.1, 0.15) is 0 Å². The summed E-state index contributed by atoms with van der Waals surface area (Å²) in [5.41, 5.74) is 2.38. The fourth-order valence-corrected chi connectivity index (χ4v) is 3.13. The van der Waals surface area contributed by atoms with Crippen LogP contribution >= 0.6 is 11.3 Å². The molecule has 0 radical (unpaired) electrons. The minimum Gasteiger partial charge on any atom is -0.335 e. The van der Waals surface area contributed by atoms with E-state index in [-0.39, 0.29) is 11.9 Å². The van der Waals surface area contributed by atoms with E-state index < -0.39 is 0 Å². The van der Waals surface area contributed by atoms with Crippen molar-refractivity contribution in [1.82, 2.24) is 14.8 Å². The van der Waals surface area contributed by atoms with Gasteiger partial charge in [0.05, 0.1) is 6.54 Å². The number of amides is 1. The SMILES string of the molecule is CC[C@H](C)N(Cc1ccsc1)C(=O)CN(C)Cc1ccncc1. The van der Waals surface area contributed by atoms with E-state index in [4.69, 9.17) is 0 Å². The summed E-state index contributed by atoms with van der Waals surface area (Å²) in [6, 6.07) is 6.31. The van der Waals surface area contributed by atoms with Gasteiger partial charge in [0.2, 0.25) is 5.91 Å². The van der Waals surface area contributed by atoms with Crippen molar-refractivity contribution in [1.29, 1.82) is 0 Å². The first-order valence-corrected chi connectivity index (χ1v) is 8.92. The van der Waals surface area contributed by atoms with Gasteiger partial charge in [-0.3, -0.25) is 14.7 Å². The van der Waals surface area contributed by atoms with Crippen molar-refractivity contribution in [2.24, 2.45) is 0 Å². The van der Waals surface area contributed by atoms with E-state index in [1.807, 2.05) is 24.1 Å². The van der Waals surface area contributed by atoms with E-state index in [2.05, 4.69) is 40.6 Å². The minimum absolute atomic E-state index is 0.183. The molecule has 0 aliphatic carbocycles. The van der Waals surface area contributed by atoms with Crippen molar-refractivity contribution >= 4 is 17.2 Å². The largest absolute Gasteiger partial charge is 0.335 e. The highest BCUT2D eigenvalue weighted by molar-refractivity contribution is 7.07. The van der Waals surface area contributed by atoms with Gasteiger partial charge >= 0.3 is 0 Å². The minimum atomic E-state index is 0.183. The standard InChI is InChI=1S/C18H25N3OS/c1-4-15(2)21(12-17-7-10-23-14-17)18(22)13-20(3)11-16-5-8-19-9-6-16/h5-10,14-15H,4,11-13H2,1-3H3/t15-/m0/s1. The van der Waals surface area contributed by atoms with Gasteiger partial charge in [-0.05, 0) is 60.5 Å². The van der Waals surface area contributed by atoms with Crippen LogP contribution in [0, 0.1) is 0 Å². The van der Waals surface area contributed by atoms with Crippen LogP contribution in [-0.4, -0.2) is 40.3 Å². The van der Waals surface area contributed by atoms with Gasteiger partial charge in [0.15, 0.2) is 0 Å². The molecule has 1 amide bonds. The zero-order valence-electron chi connectivity index (χ0n) is 14.1. The predicted octanol–water partition coefficient (Wildman–Crippen LogP) is 3.40. The fraction of sp³-hybridized carbons (Fsp3) is 0.444. The van der Waals surface area contributed by atoms with Crippen molar-refractivity contribution in [3.05, 3.63) is 52.5 Å². The van der Waals surface area contributed by atoms with Crippen molar-refractivity contribution in [3.8, 4) is 0 Å². The third-order valence-electron chi connectivity index (χ3n) is 3.98. The number of pyridine rings is 1. The molecule has 2 aromatic rings. The number of rotatable bonds is 8. The molecule has 1 atom stereocenters. The maximum absolute atomic E-state index is 12.7. The Morgan fingerprint density at radius 1 is 1.22 bits per heavy atom. The lowest BCUT2D eigenvalue weighted by Crippen LogP contribution is -2.43. The van der Waals surface area contributed by atoms with E-state index >= 15 is 0 Å². The van der Waals surface area contributed by atoms with E-state index in [0.717, 1.165) is 13.0 Å². The number of carbonyl (C=O) groups is 1. The maximum Gasteiger partial charge on any atom is 0.237 e. The molecule has 0 unspecified atom stereocenters. The molecule has 2 rings (SSSR count). The highest BCUT2D eigenvalue weighted by atomic mass is 32.1. The summed E-state index contributed by atoms with van der Waals surface area (Å²) in [5, 5.41) is 4.17. The summed E-state index contributed by atoms with van der Waals surface area (Å²) < 4.78 is 0. The lowest BCUT2D eigenvalue weighted by molar-refractivity contribution is -0.135. The lowest BCUT2D eigenvalue weighted by Gasteiger charge is -2.30. The van der Waals surface area contributed by atoms with Crippen molar-refractivity contribution < 1.29 is 4.79 Å². The normalized spacial score (nSPS) is 12.3. The topological polar surface area (TPSA) is 36.4 Å². The summed E-state index contributed by atoms with van der Waals surface area (Å²) in [6.07, 6.45) is 4.53. The van der Waals surface area contributed by atoms with Gasteiger partial charge in [-0.25, -0.2) is 0 Å². The average Bonchev–Trinajstić information content (AvgIpc) is 3.05. The Balaban J connectivity index is 1.96. The third kappa shape index (κ3) is 5.44. The number of carbonyl (C=O) groups excluding carboxylic acids is 1. The van der Waals surface area contributed by atoms with Crippen molar-refractivity contribution in [2.45, 2.75) is 39.4 Å². The van der Waals surface area contributed by atoms with Crippen LogP contribution in [-0.2, 0) is 17.9 Å². The van der Waals surface area contributed by atoms with Crippen LogP contribution in [0.4, 0.5) is 0 Å². The van der Waals surface area contributed by atoms with Gasteiger partial charge in [-0.1, -0.05) is 6.92 Å². The second-order valence-electron chi connectivity index (χ2n) is 5.94. The molecule has 0 aliphatic heterocycles. The predicted molar refractivity (Wildman–Crippen MR) is 95.2 cm³/mol. The smallest absolute Gasteiger partial charge is 0.237 e. The summed E-state index contributed by atoms with van der Waals surface area (Å²) >= 11 is 1.67. The zero-order valence-corrected chi connectivity index (χ0v) is 14.9. The van der Waals surface area contributed by atoms with Gasteiger partial charge in [0.25, 0.3) is 0 Å². The van der Waals surface area contributed by atoms with Crippen molar-refractivity contribution in [2.75, 3.05) is 13.6 Å². The average molecular weight is 331 g/mol. The highest BCUT2D eigenvalue weighted by Crippen LogP contribution is 2.14. The Bertz CT molecular complexity index is 586. The van der Waals surface area contributed by atoms with Crippen LogP contribution in [0.15, 0.2) is 41.4 Å².